The van der Waals surface area contributed by atoms with Crippen molar-refractivity contribution in [2.45, 2.75) is 6.54 Å². The molecule has 0 atom stereocenters. The lowest BCUT2D eigenvalue weighted by atomic mass is 10.1. The molecule has 1 aromatic carbocycles. The van der Waals surface area contributed by atoms with Crippen LogP contribution in [0.5, 0.6) is 0 Å². The van der Waals surface area contributed by atoms with Crippen LogP contribution in [-0.4, -0.2) is 26.5 Å². The molecule has 0 aliphatic rings. The summed E-state index contributed by atoms with van der Waals surface area (Å²) in [6.45, 7) is 0.483. The molecule has 0 saturated heterocycles. The maximum atomic E-state index is 12.5. The first-order valence-corrected chi connectivity index (χ1v) is 8.44. The third-order valence-electron chi connectivity index (χ3n) is 3.88. The highest BCUT2D eigenvalue weighted by molar-refractivity contribution is 6.30. The summed E-state index contributed by atoms with van der Waals surface area (Å²) in [6, 6.07) is 10.6. The summed E-state index contributed by atoms with van der Waals surface area (Å²) < 4.78 is 1.59. The Bertz CT molecular complexity index is 964. The maximum Gasteiger partial charge on any atom is 0.262 e. The molecule has 0 aliphatic carbocycles. The average molecular weight is 384 g/mol. The normalized spacial score (nSPS) is 10.4. The number of hydrogen-bond acceptors (Lipinski definition) is 5. The molecule has 0 aliphatic heterocycles. The van der Waals surface area contributed by atoms with Gasteiger partial charge in [-0.15, -0.1) is 0 Å². The number of anilines is 2. The number of nitrogens with two attached hydrogens (primary N) is 1. The van der Waals surface area contributed by atoms with Gasteiger partial charge in [-0.2, -0.15) is 5.10 Å². The Balaban J connectivity index is 1.71. The Morgan fingerprint density at radius 2 is 1.96 bits per heavy atom. The highest BCUT2D eigenvalue weighted by Gasteiger charge is 2.16. The largest absolute Gasteiger partial charge is 0.384 e. The van der Waals surface area contributed by atoms with Crippen LogP contribution in [0.3, 0.4) is 0 Å². The van der Waals surface area contributed by atoms with Crippen molar-refractivity contribution < 1.29 is 4.79 Å². The first kappa shape index (κ1) is 18.4. The number of aromatic nitrogens is 3. The molecule has 1 amide bonds. The highest BCUT2D eigenvalue weighted by Crippen LogP contribution is 2.18. The van der Waals surface area contributed by atoms with Crippen molar-refractivity contribution in [3.05, 3.63) is 70.5 Å². The van der Waals surface area contributed by atoms with Gasteiger partial charge in [-0.3, -0.25) is 14.9 Å². The molecule has 0 fully saturated rings. The van der Waals surface area contributed by atoms with Crippen molar-refractivity contribution in [2.24, 2.45) is 12.8 Å². The van der Waals surface area contributed by atoms with E-state index >= 15 is 0 Å². The van der Waals surface area contributed by atoms with Gasteiger partial charge in [-0.25, -0.2) is 4.98 Å². The Labute approximate surface area is 160 Å². The van der Waals surface area contributed by atoms with Gasteiger partial charge in [0.25, 0.3) is 5.91 Å². The first-order chi connectivity index (χ1) is 12.9. The van der Waals surface area contributed by atoms with Gasteiger partial charge in [0.05, 0.1) is 11.2 Å². The number of amides is 1. The fraction of sp³-hybridized carbons (Fsp3) is 0.111. The molecule has 0 bridgehead atoms. The van der Waals surface area contributed by atoms with Gasteiger partial charge >= 0.3 is 0 Å². The van der Waals surface area contributed by atoms with E-state index in [0.29, 0.717) is 34.3 Å². The monoisotopic (exact) mass is 383 g/mol. The summed E-state index contributed by atoms with van der Waals surface area (Å²) in [4.78, 5) is 16.6. The Morgan fingerprint density at radius 3 is 2.59 bits per heavy atom. The molecule has 3 rings (SSSR count). The van der Waals surface area contributed by atoms with Crippen LogP contribution in [0.1, 0.15) is 21.5 Å². The minimum atomic E-state index is -0.327. The lowest BCUT2D eigenvalue weighted by molar-refractivity contribution is 0.102. The van der Waals surface area contributed by atoms with Gasteiger partial charge in [0.1, 0.15) is 23.0 Å². The van der Waals surface area contributed by atoms with E-state index in [1.54, 1.807) is 36.0 Å². The Kier molecular flexibility index (Phi) is 5.37. The van der Waals surface area contributed by atoms with Crippen molar-refractivity contribution in [3.63, 3.8) is 0 Å². The summed E-state index contributed by atoms with van der Waals surface area (Å²) >= 11 is 5.80. The summed E-state index contributed by atoms with van der Waals surface area (Å²) in [5.74, 6) is 0.680. The van der Waals surface area contributed by atoms with Crippen LogP contribution in [0.15, 0.2) is 48.8 Å². The number of carbonyl (C=O) groups excluding carboxylic acids is 1. The lowest BCUT2D eigenvalue weighted by Gasteiger charge is -2.10. The molecule has 2 aromatic heterocycles. The van der Waals surface area contributed by atoms with E-state index in [2.05, 4.69) is 20.7 Å². The van der Waals surface area contributed by atoms with Crippen molar-refractivity contribution in [2.75, 3.05) is 10.6 Å². The standard InChI is InChI=1S/C18H18ClN7O/c1-26-17(23-8-11-2-4-12(5-3-11)16(20)21)14(10-24-26)18(27)25-15-7-6-13(19)9-22-15/h2-7,9-10,23H,8H2,1H3,(H3,20,21)(H,22,25,27). The van der Waals surface area contributed by atoms with Crippen LogP contribution < -0.4 is 16.4 Å². The third-order valence-corrected chi connectivity index (χ3v) is 4.10. The van der Waals surface area contributed by atoms with Gasteiger partial charge < -0.3 is 16.4 Å². The van der Waals surface area contributed by atoms with E-state index in [9.17, 15) is 4.79 Å². The second-order valence-corrected chi connectivity index (χ2v) is 6.25. The number of carbonyl (C=O) groups is 1. The fourth-order valence-corrected chi connectivity index (χ4v) is 2.55. The number of aryl methyl sites for hydroxylation is 1. The number of nitrogens with zero attached hydrogens (tertiary/aromatic N) is 3. The average Bonchev–Trinajstić information content (AvgIpc) is 3.03. The van der Waals surface area contributed by atoms with E-state index in [1.807, 2.05) is 12.1 Å². The van der Waals surface area contributed by atoms with E-state index in [0.717, 1.165) is 5.56 Å². The molecule has 0 unspecified atom stereocenters. The molecule has 5 N–H and O–H groups in total. The number of pyridine rings is 1. The number of hydrogen-bond donors (Lipinski definition) is 4. The molecule has 2 heterocycles. The predicted molar refractivity (Wildman–Crippen MR) is 105 cm³/mol. The molecule has 27 heavy (non-hydrogen) atoms. The number of amidine groups is 1. The molecule has 9 heteroatoms. The predicted octanol–water partition coefficient (Wildman–Crippen LogP) is 2.62. The zero-order valence-corrected chi connectivity index (χ0v) is 15.3. The number of rotatable bonds is 6. The maximum absolute atomic E-state index is 12.5. The number of nitrogens with one attached hydrogen (secondary N) is 3. The van der Waals surface area contributed by atoms with E-state index in [1.165, 1.54) is 12.4 Å². The molecular formula is C18H18ClN7O. The Hall–Kier alpha value is -3.39. The van der Waals surface area contributed by atoms with Crippen molar-refractivity contribution in [1.82, 2.24) is 14.8 Å². The second-order valence-electron chi connectivity index (χ2n) is 5.81. The minimum Gasteiger partial charge on any atom is -0.384 e. The molecule has 8 nitrogen and oxygen atoms in total. The zero-order valence-electron chi connectivity index (χ0n) is 14.5. The topological polar surface area (TPSA) is 122 Å². The summed E-state index contributed by atoms with van der Waals surface area (Å²) in [5.41, 5.74) is 7.50. The van der Waals surface area contributed by atoms with Crippen LogP contribution in [0, 0.1) is 5.41 Å². The number of nitrogen functional groups attached to an aromatic ring is 1. The van der Waals surface area contributed by atoms with Crippen molar-refractivity contribution in [3.8, 4) is 0 Å². The molecule has 0 radical (unpaired) electrons. The minimum absolute atomic E-state index is 0.0240. The third kappa shape index (κ3) is 4.42. The van der Waals surface area contributed by atoms with Gasteiger partial charge in [-0.1, -0.05) is 35.9 Å². The van der Waals surface area contributed by atoms with Crippen molar-refractivity contribution >= 4 is 35.0 Å². The molecule has 3 aromatic rings. The van der Waals surface area contributed by atoms with Crippen LogP contribution in [0.2, 0.25) is 5.02 Å². The van der Waals surface area contributed by atoms with Crippen LogP contribution >= 0.6 is 11.6 Å². The summed E-state index contributed by atoms with van der Waals surface area (Å²) in [7, 11) is 1.75. The first-order valence-electron chi connectivity index (χ1n) is 8.06. The van der Waals surface area contributed by atoms with Gasteiger partial charge in [0.15, 0.2) is 0 Å². The fourth-order valence-electron chi connectivity index (χ4n) is 2.43. The number of benzene rings is 1. The molecule has 0 saturated carbocycles. The summed E-state index contributed by atoms with van der Waals surface area (Å²) in [5, 5.41) is 18.0. The highest BCUT2D eigenvalue weighted by atomic mass is 35.5. The van der Waals surface area contributed by atoms with Crippen molar-refractivity contribution in [1.29, 1.82) is 5.41 Å². The van der Waals surface area contributed by atoms with Crippen LogP contribution in [0.25, 0.3) is 0 Å². The van der Waals surface area contributed by atoms with Gasteiger partial charge in [0.2, 0.25) is 0 Å². The van der Waals surface area contributed by atoms with E-state index in [4.69, 9.17) is 22.7 Å². The SMILES string of the molecule is Cn1ncc(C(=O)Nc2ccc(Cl)cn2)c1NCc1ccc(C(=N)N)cc1. The quantitative estimate of drug-likeness (QED) is 0.385. The lowest BCUT2D eigenvalue weighted by Crippen LogP contribution is -2.16. The van der Waals surface area contributed by atoms with Crippen LogP contribution in [-0.2, 0) is 13.6 Å². The smallest absolute Gasteiger partial charge is 0.262 e. The zero-order chi connectivity index (χ0) is 19.4. The van der Waals surface area contributed by atoms with Gasteiger partial charge in [0, 0.05) is 25.4 Å². The van der Waals surface area contributed by atoms with E-state index in [-0.39, 0.29) is 11.7 Å². The molecule has 0 spiro atoms. The number of halogens is 1. The van der Waals surface area contributed by atoms with E-state index < -0.39 is 0 Å². The molecule has 138 valence electrons. The van der Waals surface area contributed by atoms with Crippen LogP contribution in [0.4, 0.5) is 11.6 Å². The molecular weight excluding hydrogens is 366 g/mol. The second kappa shape index (κ2) is 7.88. The Morgan fingerprint density at radius 1 is 1.22 bits per heavy atom. The summed E-state index contributed by atoms with van der Waals surface area (Å²) in [6.07, 6.45) is 2.96. The van der Waals surface area contributed by atoms with Gasteiger partial charge in [-0.05, 0) is 17.7 Å².